The van der Waals surface area contributed by atoms with E-state index in [1.807, 2.05) is 20.8 Å². The fourth-order valence-electron chi connectivity index (χ4n) is 2.62. The van der Waals surface area contributed by atoms with E-state index in [0.29, 0.717) is 11.3 Å². The molecule has 2 aliphatic heterocycles. The lowest BCUT2D eigenvalue weighted by molar-refractivity contribution is -0.144. The summed E-state index contributed by atoms with van der Waals surface area (Å²) in [6.07, 6.45) is 2.46. The predicted molar refractivity (Wildman–Crippen MR) is 60.6 cm³/mol. The van der Waals surface area contributed by atoms with Crippen molar-refractivity contribution in [3.8, 4) is 0 Å². The second-order valence-corrected chi connectivity index (χ2v) is 6.18. The summed E-state index contributed by atoms with van der Waals surface area (Å²) in [6, 6.07) is 0. The standard InChI is InChI=1S/C12H22N2O/c1-11(2,3)10(15)14-6-4-5-12(9-14)7-13-8-12/h13H,4-9H2,1-3H3. The van der Waals surface area contributed by atoms with Crippen LogP contribution >= 0.6 is 0 Å². The van der Waals surface area contributed by atoms with Crippen molar-refractivity contribution in [2.24, 2.45) is 10.8 Å². The van der Waals surface area contributed by atoms with Crippen LogP contribution < -0.4 is 5.32 Å². The number of rotatable bonds is 0. The molecule has 3 heteroatoms. The van der Waals surface area contributed by atoms with Crippen LogP contribution in [0.5, 0.6) is 0 Å². The van der Waals surface area contributed by atoms with E-state index in [1.165, 1.54) is 12.8 Å². The number of carbonyl (C=O) groups excluding carboxylic acids is 1. The fraction of sp³-hybridized carbons (Fsp3) is 0.917. The van der Waals surface area contributed by atoms with E-state index in [1.54, 1.807) is 0 Å². The zero-order valence-electron chi connectivity index (χ0n) is 10.1. The molecular formula is C12H22N2O. The van der Waals surface area contributed by atoms with E-state index >= 15 is 0 Å². The van der Waals surface area contributed by atoms with Crippen molar-refractivity contribution in [3.63, 3.8) is 0 Å². The smallest absolute Gasteiger partial charge is 0.227 e. The van der Waals surface area contributed by atoms with Gasteiger partial charge in [0.2, 0.25) is 5.91 Å². The molecule has 2 aliphatic rings. The van der Waals surface area contributed by atoms with E-state index in [0.717, 1.165) is 26.2 Å². The lowest BCUT2D eigenvalue weighted by Gasteiger charge is -2.50. The van der Waals surface area contributed by atoms with Crippen LogP contribution in [0.3, 0.4) is 0 Å². The van der Waals surface area contributed by atoms with Gasteiger partial charge < -0.3 is 10.2 Å². The minimum Gasteiger partial charge on any atom is -0.342 e. The zero-order chi connectivity index (χ0) is 11.1. The van der Waals surface area contributed by atoms with Gasteiger partial charge in [-0.05, 0) is 12.8 Å². The maximum absolute atomic E-state index is 12.2. The average molecular weight is 210 g/mol. The Hall–Kier alpha value is -0.570. The van der Waals surface area contributed by atoms with Crippen LogP contribution in [0, 0.1) is 10.8 Å². The predicted octanol–water partition coefficient (Wildman–Crippen LogP) is 1.24. The van der Waals surface area contributed by atoms with Crippen molar-refractivity contribution in [1.82, 2.24) is 10.2 Å². The number of piperidine rings is 1. The van der Waals surface area contributed by atoms with E-state index in [2.05, 4.69) is 10.2 Å². The first kappa shape index (κ1) is 10.9. The highest BCUT2D eigenvalue weighted by molar-refractivity contribution is 5.81. The molecule has 2 fully saturated rings. The lowest BCUT2D eigenvalue weighted by Crippen LogP contribution is -2.62. The summed E-state index contributed by atoms with van der Waals surface area (Å²) < 4.78 is 0. The van der Waals surface area contributed by atoms with Gasteiger partial charge in [0.1, 0.15) is 0 Å². The number of hydrogen-bond acceptors (Lipinski definition) is 2. The summed E-state index contributed by atoms with van der Waals surface area (Å²) >= 11 is 0. The van der Waals surface area contributed by atoms with Crippen LogP contribution in [0.15, 0.2) is 0 Å². The molecule has 2 rings (SSSR count). The van der Waals surface area contributed by atoms with Crippen LogP contribution in [0.4, 0.5) is 0 Å². The number of amides is 1. The van der Waals surface area contributed by atoms with Gasteiger partial charge in [0.05, 0.1) is 0 Å². The molecule has 1 amide bonds. The number of nitrogens with zero attached hydrogens (tertiary/aromatic N) is 1. The number of nitrogens with one attached hydrogen (secondary N) is 1. The summed E-state index contributed by atoms with van der Waals surface area (Å²) in [5, 5.41) is 3.33. The summed E-state index contributed by atoms with van der Waals surface area (Å²) in [6.45, 7) is 10.1. The lowest BCUT2D eigenvalue weighted by atomic mass is 9.74. The van der Waals surface area contributed by atoms with Gasteiger partial charge in [-0.2, -0.15) is 0 Å². The normalized spacial score (nSPS) is 25.1. The van der Waals surface area contributed by atoms with Gasteiger partial charge in [0, 0.05) is 37.0 Å². The molecule has 0 aromatic heterocycles. The Bertz CT molecular complexity index is 263. The van der Waals surface area contributed by atoms with Crippen molar-refractivity contribution >= 4 is 5.91 Å². The minimum atomic E-state index is -0.226. The van der Waals surface area contributed by atoms with E-state index in [-0.39, 0.29) is 5.41 Å². The van der Waals surface area contributed by atoms with Crippen molar-refractivity contribution < 1.29 is 4.79 Å². The maximum atomic E-state index is 12.2. The monoisotopic (exact) mass is 210 g/mol. The summed E-state index contributed by atoms with van der Waals surface area (Å²) in [5.74, 6) is 0.313. The molecule has 0 radical (unpaired) electrons. The van der Waals surface area contributed by atoms with Gasteiger partial charge in [0.15, 0.2) is 0 Å². The molecule has 86 valence electrons. The zero-order valence-corrected chi connectivity index (χ0v) is 10.1. The molecule has 0 aromatic rings. The summed E-state index contributed by atoms with van der Waals surface area (Å²) in [5.41, 5.74) is 0.189. The molecule has 2 heterocycles. The van der Waals surface area contributed by atoms with Crippen molar-refractivity contribution in [2.45, 2.75) is 33.6 Å². The molecule has 0 atom stereocenters. The summed E-state index contributed by atoms with van der Waals surface area (Å²) in [7, 11) is 0. The van der Waals surface area contributed by atoms with E-state index in [4.69, 9.17) is 0 Å². The van der Waals surface area contributed by atoms with Crippen LogP contribution in [0.2, 0.25) is 0 Å². The average Bonchev–Trinajstić information content (AvgIpc) is 2.13. The highest BCUT2D eigenvalue weighted by atomic mass is 16.2. The molecule has 15 heavy (non-hydrogen) atoms. The Morgan fingerprint density at radius 1 is 1.33 bits per heavy atom. The maximum Gasteiger partial charge on any atom is 0.227 e. The third kappa shape index (κ3) is 2.03. The van der Waals surface area contributed by atoms with Crippen molar-refractivity contribution in [3.05, 3.63) is 0 Å². The Morgan fingerprint density at radius 3 is 2.47 bits per heavy atom. The highest BCUT2D eigenvalue weighted by Gasteiger charge is 2.43. The van der Waals surface area contributed by atoms with Gasteiger partial charge >= 0.3 is 0 Å². The molecule has 1 spiro atoms. The fourth-order valence-corrected chi connectivity index (χ4v) is 2.62. The van der Waals surface area contributed by atoms with E-state index in [9.17, 15) is 4.79 Å². The Balaban J connectivity index is 2.01. The topological polar surface area (TPSA) is 32.3 Å². The molecule has 2 saturated heterocycles. The van der Waals surface area contributed by atoms with Crippen LogP contribution in [-0.2, 0) is 4.79 Å². The number of carbonyl (C=O) groups is 1. The SMILES string of the molecule is CC(C)(C)C(=O)N1CCCC2(CNC2)C1. The Kier molecular flexibility index (Phi) is 2.53. The first-order valence-corrected chi connectivity index (χ1v) is 5.93. The third-order valence-corrected chi connectivity index (χ3v) is 3.59. The number of likely N-dealkylation sites (tertiary alicyclic amines) is 1. The number of hydrogen-bond donors (Lipinski definition) is 1. The largest absolute Gasteiger partial charge is 0.342 e. The van der Waals surface area contributed by atoms with Gasteiger partial charge in [-0.1, -0.05) is 20.8 Å². The third-order valence-electron chi connectivity index (χ3n) is 3.59. The van der Waals surface area contributed by atoms with Gasteiger partial charge in [-0.25, -0.2) is 0 Å². The van der Waals surface area contributed by atoms with Crippen LogP contribution in [0.1, 0.15) is 33.6 Å². The first-order chi connectivity index (χ1) is 6.93. The minimum absolute atomic E-state index is 0.226. The van der Waals surface area contributed by atoms with Gasteiger partial charge in [-0.3, -0.25) is 4.79 Å². The van der Waals surface area contributed by atoms with E-state index < -0.39 is 0 Å². The molecular weight excluding hydrogens is 188 g/mol. The van der Waals surface area contributed by atoms with Crippen molar-refractivity contribution in [1.29, 1.82) is 0 Å². The first-order valence-electron chi connectivity index (χ1n) is 5.93. The molecule has 0 bridgehead atoms. The van der Waals surface area contributed by atoms with Crippen molar-refractivity contribution in [2.75, 3.05) is 26.2 Å². The quantitative estimate of drug-likeness (QED) is 0.652. The summed E-state index contributed by atoms with van der Waals surface area (Å²) in [4.78, 5) is 14.2. The molecule has 0 aliphatic carbocycles. The van der Waals surface area contributed by atoms with Gasteiger partial charge in [-0.15, -0.1) is 0 Å². The molecule has 0 saturated carbocycles. The Morgan fingerprint density at radius 2 is 2.00 bits per heavy atom. The molecule has 0 aromatic carbocycles. The van der Waals surface area contributed by atoms with Crippen LogP contribution in [-0.4, -0.2) is 37.0 Å². The molecule has 3 nitrogen and oxygen atoms in total. The second-order valence-electron chi connectivity index (χ2n) is 6.18. The molecule has 0 unspecified atom stereocenters. The molecule has 1 N–H and O–H groups in total. The second kappa shape index (κ2) is 3.48. The Labute approximate surface area is 92.2 Å². The van der Waals surface area contributed by atoms with Crippen LogP contribution in [0.25, 0.3) is 0 Å². The highest BCUT2D eigenvalue weighted by Crippen LogP contribution is 2.35. The van der Waals surface area contributed by atoms with Gasteiger partial charge in [0.25, 0.3) is 0 Å².